The lowest BCUT2D eigenvalue weighted by Gasteiger charge is -2.34. The number of hydrogen-bond acceptors (Lipinski definition) is 10. The fraction of sp³-hybridized carbons (Fsp3) is 0.613. The molecule has 232 valence electrons. The first-order valence-electron chi connectivity index (χ1n) is 15.4. The zero-order valence-electron chi connectivity index (χ0n) is 25.0. The highest BCUT2D eigenvalue weighted by molar-refractivity contribution is 7.14. The van der Waals surface area contributed by atoms with E-state index in [1.54, 1.807) is 35.5 Å². The van der Waals surface area contributed by atoms with Crippen molar-refractivity contribution in [1.82, 2.24) is 25.4 Å². The van der Waals surface area contributed by atoms with Crippen LogP contribution < -0.4 is 15.5 Å². The number of anilines is 1. The minimum absolute atomic E-state index is 0.0239. The molecule has 3 aliphatic heterocycles. The first-order chi connectivity index (χ1) is 21.0. The second-order valence-electron chi connectivity index (χ2n) is 12.0. The predicted octanol–water partition coefficient (Wildman–Crippen LogP) is 1.63. The number of piperazine rings is 1. The third-order valence-electron chi connectivity index (χ3n) is 9.45. The van der Waals surface area contributed by atoms with Gasteiger partial charge in [-0.25, -0.2) is 4.98 Å². The van der Waals surface area contributed by atoms with Crippen LogP contribution in [0.5, 0.6) is 0 Å². The van der Waals surface area contributed by atoms with E-state index in [0.29, 0.717) is 12.1 Å². The summed E-state index contributed by atoms with van der Waals surface area (Å²) in [5.41, 5.74) is 2.33. The average molecular weight is 611 g/mol. The summed E-state index contributed by atoms with van der Waals surface area (Å²) in [5, 5.41) is 9.33. The monoisotopic (exact) mass is 610 g/mol. The Morgan fingerprint density at radius 3 is 2.58 bits per heavy atom. The van der Waals surface area contributed by atoms with Crippen LogP contribution in [0, 0.1) is 5.92 Å². The molecule has 43 heavy (non-hydrogen) atoms. The minimum Gasteiger partial charge on any atom is -0.383 e. The van der Waals surface area contributed by atoms with Gasteiger partial charge in [-0.1, -0.05) is 25.0 Å². The molecule has 4 aliphatic rings. The van der Waals surface area contributed by atoms with Crippen molar-refractivity contribution in [2.75, 3.05) is 71.5 Å². The van der Waals surface area contributed by atoms with E-state index < -0.39 is 12.1 Å². The molecule has 6 rings (SSSR count). The van der Waals surface area contributed by atoms with Crippen molar-refractivity contribution in [1.29, 1.82) is 0 Å². The Balaban J connectivity index is 1.11. The molecular formula is C31H42N6O5S. The number of carbonyl (C=O) groups excluding carboxylic acids is 3. The molecule has 0 bridgehead atoms. The number of ether oxygens (including phenoxy) is 2. The number of benzene rings is 1. The smallest absolute Gasteiger partial charge is 0.251 e. The Morgan fingerprint density at radius 2 is 1.88 bits per heavy atom. The van der Waals surface area contributed by atoms with E-state index >= 15 is 0 Å². The molecule has 2 N–H and O–H groups in total. The highest BCUT2D eigenvalue weighted by atomic mass is 32.1. The largest absolute Gasteiger partial charge is 0.383 e. The molecule has 1 aliphatic carbocycles. The van der Waals surface area contributed by atoms with E-state index in [1.165, 1.54) is 0 Å². The zero-order valence-corrected chi connectivity index (χ0v) is 25.8. The van der Waals surface area contributed by atoms with Gasteiger partial charge < -0.3 is 29.9 Å². The van der Waals surface area contributed by atoms with Crippen LogP contribution in [-0.4, -0.2) is 123 Å². The summed E-state index contributed by atoms with van der Waals surface area (Å²) in [5.74, 6) is -0.483. The third kappa shape index (κ3) is 6.34. The van der Waals surface area contributed by atoms with Crippen LogP contribution in [0.3, 0.4) is 0 Å². The number of fused-ring (bicyclic) bond motifs is 1. The summed E-state index contributed by atoms with van der Waals surface area (Å²) >= 11 is 1.64. The number of methoxy groups -OCH3 is 1. The number of ketones is 1. The Kier molecular flexibility index (Phi) is 9.39. The highest BCUT2D eigenvalue weighted by Crippen LogP contribution is 2.33. The maximum Gasteiger partial charge on any atom is 0.251 e. The third-order valence-corrected chi connectivity index (χ3v) is 10.4. The number of thiazole rings is 1. The van der Waals surface area contributed by atoms with Gasteiger partial charge in [-0.3, -0.25) is 19.3 Å². The van der Waals surface area contributed by atoms with Crippen molar-refractivity contribution in [3.8, 4) is 11.3 Å². The molecule has 2 amide bonds. The molecule has 1 aromatic heterocycles. The van der Waals surface area contributed by atoms with Gasteiger partial charge in [-0.15, -0.1) is 11.3 Å². The number of Topliss-reactive ketones (excluding diaryl/α,β-unsaturated/α-hetero) is 1. The molecule has 4 heterocycles. The SMILES string of the molecule is CN[C@H]1CN(C(=O)[C@@H](NC(=O)c2ccc(-c3csc(N4CCN(CCOC)CC4)n3)cc2)C2CCCC2)[C@@H]2C(=O)CO[C@H]12. The molecule has 12 heteroatoms. The first kappa shape index (κ1) is 30.1. The van der Waals surface area contributed by atoms with Crippen molar-refractivity contribution in [3.05, 3.63) is 35.2 Å². The van der Waals surface area contributed by atoms with Crippen LogP contribution in [0.15, 0.2) is 29.6 Å². The fourth-order valence-electron chi connectivity index (χ4n) is 6.93. The first-order valence-corrected chi connectivity index (χ1v) is 16.3. The predicted molar refractivity (Wildman–Crippen MR) is 164 cm³/mol. The van der Waals surface area contributed by atoms with Crippen LogP contribution in [-0.2, 0) is 19.1 Å². The Morgan fingerprint density at radius 1 is 1.14 bits per heavy atom. The Labute approximate surface area is 256 Å². The molecule has 3 saturated heterocycles. The van der Waals surface area contributed by atoms with Crippen molar-refractivity contribution < 1.29 is 23.9 Å². The molecule has 1 saturated carbocycles. The number of likely N-dealkylation sites (tertiary alicyclic amines) is 1. The van der Waals surface area contributed by atoms with Crippen LogP contribution >= 0.6 is 11.3 Å². The summed E-state index contributed by atoms with van der Waals surface area (Å²) in [6.07, 6.45) is 3.49. The summed E-state index contributed by atoms with van der Waals surface area (Å²) in [4.78, 5) is 51.3. The molecule has 1 aromatic carbocycles. The van der Waals surface area contributed by atoms with Gasteiger partial charge >= 0.3 is 0 Å². The standard InChI is InChI=1S/C31H42N6O5S/c1-32-23-17-37(27-25(38)18-42-28(23)27)30(40)26(21-5-3-4-6-21)34-29(39)22-9-7-20(8-10-22)24-19-43-31(33-24)36-13-11-35(12-14-36)15-16-41-2/h7-10,19,21,23,26-28,32H,3-6,11-18H2,1-2H3,(H,34,39)/t23-,26-,27+,28+/m0/s1. The molecular weight excluding hydrogens is 568 g/mol. The van der Waals surface area contributed by atoms with Crippen LogP contribution in [0.1, 0.15) is 36.0 Å². The zero-order chi connectivity index (χ0) is 29.9. The van der Waals surface area contributed by atoms with E-state index in [0.717, 1.165) is 81.4 Å². The molecule has 2 aromatic rings. The Hall–Kier alpha value is -2.90. The lowest BCUT2D eigenvalue weighted by molar-refractivity contribution is -0.139. The number of rotatable bonds is 10. The van der Waals surface area contributed by atoms with Crippen molar-refractivity contribution >= 4 is 34.1 Å². The van der Waals surface area contributed by atoms with Crippen molar-refractivity contribution in [2.24, 2.45) is 5.92 Å². The van der Waals surface area contributed by atoms with Crippen LogP contribution in [0.2, 0.25) is 0 Å². The molecule has 4 atom stereocenters. The van der Waals surface area contributed by atoms with Gasteiger partial charge in [0, 0.05) is 62.9 Å². The Bertz CT molecular complexity index is 1290. The van der Waals surface area contributed by atoms with Gasteiger partial charge in [0.05, 0.1) is 18.3 Å². The highest BCUT2D eigenvalue weighted by Gasteiger charge is 2.53. The van der Waals surface area contributed by atoms with E-state index in [4.69, 9.17) is 14.5 Å². The number of aromatic nitrogens is 1. The second kappa shape index (κ2) is 13.4. The molecule has 0 unspecified atom stereocenters. The number of carbonyl (C=O) groups is 3. The van der Waals surface area contributed by atoms with Crippen LogP contribution in [0.25, 0.3) is 11.3 Å². The van der Waals surface area contributed by atoms with Crippen LogP contribution in [0.4, 0.5) is 5.13 Å². The van der Waals surface area contributed by atoms with E-state index in [1.807, 2.05) is 19.2 Å². The molecule has 4 fully saturated rings. The van der Waals surface area contributed by atoms with E-state index in [2.05, 4.69) is 25.8 Å². The number of nitrogens with zero attached hydrogens (tertiary/aromatic N) is 4. The van der Waals surface area contributed by atoms with Crippen molar-refractivity contribution in [2.45, 2.75) is 49.9 Å². The fourth-order valence-corrected chi connectivity index (χ4v) is 7.82. The topological polar surface area (TPSA) is 116 Å². The lowest BCUT2D eigenvalue weighted by Crippen LogP contribution is -2.54. The van der Waals surface area contributed by atoms with Gasteiger partial charge in [0.15, 0.2) is 10.9 Å². The summed E-state index contributed by atoms with van der Waals surface area (Å²) in [6, 6.07) is 6.06. The summed E-state index contributed by atoms with van der Waals surface area (Å²) in [7, 11) is 3.55. The summed E-state index contributed by atoms with van der Waals surface area (Å²) in [6.45, 7) is 5.97. The number of nitrogens with one attached hydrogen (secondary N) is 2. The second-order valence-corrected chi connectivity index (χ2v) is 12.8. The van der Waals surface area contributed by atoms with E-state index in [-0.39, 0.29) is 42.3 Å². The van der Waals surface area contributed by atoms with Gasteiger partial charge in [0.2, 0.25) is 5.91 Å². The summed E-state index contributed by atoms with van der Waals surface area (Å²) < 4.78 is 10.9. The maximum atomic E-state index is 13.9. The van der Waals surface area contributed by atoms with Gasteiger partial charge in [0.25, 0.3) is 5.91 Å². The van der Waals surface area contributed by atoms with Gasteiger partial charge in [0.1, 0.15) is 24.8 Å². The number of hydrogen-bond donors (Lipinski definition) is 2. The van der Waals surface area contributed by atoms with Gasteiger partial charge in [-0.2, -0.15) is 0 Å². The van der Waals surface area contributed by atoms with Gasteiger partial charge in [-0.05, 0) is 37.9 Å². The normalized spacial score (nSPS) is 25.3. The maximum absolute atomic E-state index is 13.9. The quantitative estimate of drug-likeness (QED) is 0.414. The molecule has 0 spiro atoms. The average Bonchev–Trinajstić information content (AvgIpc) is 3.85. The lowest BCUT2D eigenvalue weighted by atomic mass is 9.95. The molecule has 11 nitrogen and oxygen atoms in total. The van der Waals surface area contributed by atoms with Crippen molar-refractivity contribution in [3.63, 3.8) is 0 Å². The number of likely N-dealkylation sites (N-methyl/N-ethyl adjacent to an activating group) is 1. The minimum atomic E-state index is -0.671. The van der Waals surface area contributed by atoms with E-state index in [9.17, 15) is 14.4 Å². The number of amides is 2. The molecule has 0 radical (unpaired) electrons.